The van der Waals surface area contributed by atoms with E-state index in [9.17, 15) is 13.6 Å². The van der Waals surface area contributed by atoms with Gasteiger partial charge in [0.2, 0.25) is 5.91 Å². The molecule has 136 valence electrons. The van der Waals surface area contributed by atoms with Gasteiger partial charge in [0.05, 0.1) is 12.6 Å². The molecule has 2 aromatic carbocycles. The van der Waals surface area contributed by atoms with Gasteiger partial charge >= 0.3 is 0 Å². The number of fused-ring (bicyclic) bond motifs is 1. The number of rotatable bonds is 2. The van der Waals surface area contributed by atoms with Crippen molar-refractivity contribution in [2.45, 2.75) is 26.0 Å². The maximum atomic E-state index is 13.5. The molecule has 0 fully saturated rings. The maximum absolute atomic E-state index is 13.5. The fourth-order valence-corrected chi connectivity index (χ4v) is 3.24. The van der Waals surface area contributed by atoms with Crippen LogP contribution in [-0.4, -0.2) is 22.5 Å². The molecule has 0 aromatic heterocycles. The second kappa shape index (κ2) is 7.88. The number of ether oxygens (including phenoxy) is 1. The van der Waals surface area contributed by atoms with Crippen molar-refractivity contribution in [2.24, 2.45) is 0 Å². The van der Waals surface area contributed by atoms with Crippen LogP contribution >= 0.6 is 12.2 Å². The molecule has 1 amide bonds. The Morgan fingerprint density at radius 2 is 1.92 bits per heavy atom. The van der Waals surface area contributed by atoms with Gasteiger partial charge in [-0.1, -0.05) is 36.5 Å². The minimum absolute atomic E-state index is 0.0706. The molecule has 0 aliphatic carbocycles. The highest BCUT2D eigenvalue weighted by Gasteiger charge is 2.28. The smallest absolute Gasteiger partial charge is 0.238 e. The highest BCUT2D eigenvalue weighted by atomic mass is 32.1. The van der Waals surface area contributed by atoms with Crippen molar-refractivity contribution in [3.63, 3.8) is 0 Å². The van der Waals surface area contributed by atoms with Crippen molar-refractivity contribution in [3.05, 3.63) is 70.8 Å². The first kappa shape index (κ1) is 18.4. The summed E-state index contributed by atoms with van der Waals surface area (Å²) in [6.07, 6.45) is 0.573. The van der Waals surface area contributed by atoms with Crippen molar-refractivity contribution in [3.8, 4) is 0 Å². The number of nitrogens with zero attached hydrogens (tertiary/aromatic N) is 1. The van der Waals surface area contributed by atoms with Gasteiger partial charge in [-0.15, -0.1) is 0 Å². The molecule has 1 aliphatic rings. The Hall–Kier alpha value is -2.38. The Morgan fingerprint density at radius 1 is 1.23 bits per heavy atom. The molecule has 4 nitrogen and oxygen atoms in total. The fourth-order valence-electron chi connectivity index (χ4n) is 3.03. The van der Waals surface area contributed by atoms with Gasteiger partial charge < -0.3 is 4.74 Å². The van der Waals surface area contributed by atoms with Crippen molar-refractivity contribution in [1.82, 2.24) is 10.4 Å². The number of hydrogen-bond donors (Lipinski definition) is 1. The Bertz CT molecular complexity index is 824. The Balaban J connectivity index is 1.90. The monoisotopic (exact) mass is 376 g/mol. The van der Waals surface area contributed by atoms with E-state index in [1.165, 1.54) is 11.9 Å². The summed E-state index contributed by atoms with van der Waals surface area (Å²) in [4.78, 5) is 12.4. The summed E-state index contributed by atoms with van der Waals surface area (Å²) in [5.74, 6) is -1.72. The van der Waals surface area contributed by atoms with Crippen LogP contribution in [-0.2, 0) is 16.1 Å². The van der Waals surface area contributed by atoms with Crippen LogP contribution in [0, 0.1) is 11.6 Å². The second-order valence-electron chi connectivity index (χ2n) is 6.04. The van der Waals surface area contributed by atoms with Gasteiger partial charge in [-0.3, -0.25) is 10.2 Å². The zero-order valence-electron chi connectivity index (χ0n) is 14.2. The molecule has 1 unspecified atom stereocenters. The molecule has 1 N–H and O–H groups in total. The molecule has 7 heteroatoms. The van der Waals surface area contributed by atoms with Crippen molar-refractivity contribution in [1.29, 1.82) is 0 Å². The zero-order chi connectivity index (χ0) is 18.7. The van der Waals surface area contributed by atoms with E-state index in [1.54, 1.807) is 0 Å². The van der Waals surface area contributed by atoms with Crippen LogP contribution in [0.1, 0.15) is 36.1 Å². The molecule has 26 heavy (non-hydrogen) atoms. The number of halogens is 2. The molecule has 1 aliphatic heterocycles. The van der Waals surface area contributed by atoms with Crippen LogP contribution in [0.15, 0.2) is 42.5 Å². The van der Waals surface area contributed by atoms with Crippen molar-refractivity contribution >= 4 is 23.1 Å². The average molecular weight is 376 g/mol. The van der Waals surface area contributed by atoms with Crippen LogP contribution in [0.5, 0.6) is 0 Å². The van der Waals surface area contributed by atoms with Gasteiger partial charge in [-0.2, -0.15) is 0 Å². The summed E-state index contributed by atoms with van der Waals surface area (Å²) < 4.78 is 32.5. The van der Waals surface area contributed by atoms with E-state index in [2.05, 4.69) is 5.43 Å². The summed E-state index contributed by atoms with van der Waals surface area (Å²) >= 11 is 5.27. The largest absolute Gasteiger partial charge is 0.377 e. The fraction of sp³-hybridized carbons (Fsp3) is 0.263. The summed E-state index contributed by atoms with van der Waals surface area (Å²) in [5.41, 5.74) is 4.97. The van der Waals surface area contributed by atoms with E-state index in [4.69, 9.17) is 17.0 Å². The van der Waals surface area contributed by atoms with Crippen molar-refractivity contribution in [2.75, 3.05) is 6.61 Å². The zero-order valence-corrected chi connectivity index (χ0v) is 15.0. The van der Waals surface area contributed by atoms with E-state index in [0.717, 1.165) is 29.3 Å². The molecular formula is C19H18F2N2O2S. The minimum Gasteiger partial charge on any atom is -0.377 e. The standard InChI is InChI=1S/C19H18F2N2O2S/c1-12(24)23(22-19(26)14-8-15(20)10-16(21)9-14)18-6-7-25-11-13-4-2-3-5-17(13)18/h2-5,8-10,18H,6-7,11H2,1H3,(H,22,26). The molecule has 0 bridgehead atoms. The maximum Gasteiger partial charge on any atom is 0.238 e. The first-order valence-electron chi connectivity index (χ1n) is 8.18. The van der Waals surface area contributed by atoms with E-state index >= 15 is 0 Å². The number of carbonyl (C=O) groups excluding carboxylic acids is 1. The van der Waals surface area contributed by atoms with E-state index in [1.807, 2.05) is 24.3 Å². The number of hydrazine groups is 1. The molecule has 1 heterocycles. The molecule has 3 rings (SSSR count). The lowest BCUT2D eigenvalue weighted by Crippen LogP contribution is -2.47. The molecular weight excluding hydrogens is 358 g/mol. The summed E-state index contributed by atoms with van der Waals surface area (Å²) in [6.45, 7) is 2.36. The average Bonchev–Trinajstić information content (AvgIpc) is 2.81. The summed E-state index contributed by atoms with van der Waals surface area (Å²) in [6, 6.07) is 10.4. The third kappa shape index (κ3) is 4.05. The lowest BCUT2D eigenvalue weighted by Gasteiger charge is -2.32. The molecule has 0 saturated heterocycles. The number of benzene rings is 2. The van der Waals surface area contributed by atoms with Crippen LogP contribution < -0.4 is 5.43 Å². The first-order valence-corrected chi connectivity index (χ1v) is 8.59. The highest BCUT2D eigenvalue weighted by Crippen LogP contribution is 2.30. The summed E-state index contributed by atoms with van der Waals surface area (Å²) in [7, 11) is 0. The van der Waals surface area contributed by atoms with E-state index in [-0.39, 0.29) is 22.5 Å². The second-order valence-corrected chi connectivity index (χ2v) is 6.45. The quantitative estimate of drug-likeness (QED) is 0.642. The number of carbonyl (C=O) groups is 1. The van der Waals surface area contributed by atoms with Gasteiger partial charge in [0.25, 0.3) is 0 Å². The normalized spacial score (nSPS) is 16.3. The van der Waals surface area contributed by atoms with Crippen molar-refractivity contribution < 1.29 is 18.3 Å². The third-order valence-electron chi connectivity index (χ3n) is 4.20. The molecule has 2 aromatic rings. The van der Waals surface area contributed by atoms with Gasteiger partial charge in [-0.25, -0.2) is 13.8 Å². The van der Waals surface area contributed by atoms with Gasteiger partial charge in [0.1, 0.15) is 16.6 Å². The Labute approximate surface area is 155 Å². The predicted molar refractivity (Wildman–Crippen MR) is 97.2 cm³/mol. The highest BCUT2D eigenvalue weighted by molar-refractivity contribution is 7.80. The Kier molecular flexibility index (Phi) is 5.58. The van der Waals surface area contributed by atoms with Crippen LogP contribution in [0.3, 0.4) is 0 Å². The van der Waals surface area contributed by atoms with Gasteiger partial charge in [0.15, 0.2) is 0 Å². The van der Waals surface area contributed by atoms with E-state index in [0.29, 0.717) is 19.6 Å². The number of hydrogen-bond acceptors (Lipinski definition) is 3. The lowest BCUT2D eigenvalue weighted by atomic mass is 9.99. The number of nitrogens with one attached hydrogen (secondary N) is 1. The van der Waals surface area contributed by atoms with Gasteiger partial charge in [-0.05, 0) is 29.7 Å². The number of amides is 1. The minimum atomic E-state index is -0.730. The first-order chi connectivity index (χ1) is 12.5. The molecule has 0 radical (unpaired) electrons. The third-order valence-corrected chi connectivity index (χ3v) is 4.53. The molecule has 0 saturated carbocycles. The topological polar surface area (TPSA) is 41.6 Å². The molecule has 0 spiro atoms. The Morgan fingerprint density at radius 3 is 2.62 bits per heavy atom. The van der Waals surface area contributed by atoms with Gasteiger partial charge in [0, 0.05) is 25.2 Å². The molecule has 1 atom stereocenters. The van der Waals surface area contributed by atoms with Crippen LogP contribution in [0.2, 0.25) is 0 Å². The summed E-state index contributed by atoms with van der Waals surface area (Å²) in [5, 5.41) is 1.40. The SMILES string of the molecule is CC(=O)N(NC(=S)c1cc(F)cc(F)c1)C1CCOCc2ccccc21. The van der Waals surface area contributed by atoms with Crippen LogP contribution in [0.25, 0.3) is 0 Å². The predicted octanol–water partition coefficient (Wildman–Crippen LogP) is 3.66. The van der Waals surface area contributed by atoms with Crippen LogP contribution in [0.4, 0.5) is 8.78 Å². The number of thiocarbonyl (C=S) groups is 1. The lowest BCUT2D eigenvalue weighted by molar-refractivity contribution is -0.133. The van der Waals surface area contributed by atoms with E-state index < -0.39 is 11.6 Å².